The number of carbonyl (C=O) groups is 3. The van der Waals surface area contributed by atoms with Crippen LogP contribution in [0.1, 0.15) is 90.8 Å². The first kappa shape index (κ1) is 28.7. The van der Waals surface area contributed by atoms with Crippen molar-refractivity contribution in [2.45, 2.75) is 102 Å². The molecule has 0 spiro atoms. The number of carbonyl (C=O) groups excluding carboxylic acids is 3. The number of anilines is 1. The summed E-state index contributed by atoms with van der Waals surface area (Å²) in [5, 5.41) is 3.28. The van der Waals surface area contributed by atoms with Crippen LogP contribution in [0.2, 0.25) is 0 Å². The highest BCUT2D eigenvalue weighted by molar-refractivity contribution is 6.11. The minimum Gasteiger partial charge on any atom is -0.444 e. The number of rotatable bonds is 6. The van der Waals surface area contributed by atoms with Crippen LogP contribution in [0.5, 0.6) is 0 Å². The molecule has 8 nitrogen and oxygen atoms in total. The molecular formula is C34H44N4O4. The monoisotopic (exact) mass is 572 g/mol. The second-order valence-electron chi connectivity index (χ2n) is 14.6. The second-order valence-corrected chi connectivity index (χ2v) is 14.6. The van der Waals surface area contributed by atoms with E-state index >= 15 is 0 Å². The van der Waals surface area contributed by atoms with E-state index in [0.717, 1.165) is 31.2 Å². The van der Waals surface area contributed by atoms with Crippen molar-refractivity contribution in [1.29, 1.82) is 0 Å². The fourth-order valence-electron chi connectivity index (χ4n) is 7.41. The maximum absolute atomic E-state index is 15.0. The summed E-state index contributed by atoms with van der Waals surface area (Å²) in [6, 6.07) is 10.7. The summed E-state index contributed by atoms with van der Waals surface area (Å²) >= 11 is 0. The Morgan fingerprint density at radius 3 is 2.24 bits per heavy atom. The van der Waals surface area contributed by atoms with Gasteiger partial charge in [0.05, 0.1) is 0 Å². The molecule has 3 heterocycles. The summed E-state index contributed by atoms with van der Waals surface area (Å²) in [7, 11) is 0. The first-order chi connectivity index (χ1) is 19.8. The third kappa shape index (κ3) is 4.86. The first-order valence-electron chi connectivity index (χ1n) is 15.5. The Morgan fingerprint density at radius 2 is 1.67 bits per heavy atom. The zero-order valence-electron chi connectivity index (χ0n) is 25.7. The van der Waals surface area contributed by atoms with Gasteiger partial charge in [0.25, 0.3) is 5.91 Å². The number of nitrogens with zero attached hydrogens (tertiary/aromatic N) is 3. The van der Waals surface area contributed by atoms with Gasteiger partial charge in [-0.1, -0.05) is 58.2 Å². The fraction of sp³-hybridized carbons (Fsp3) is 0.588. The van der Waals surface area contributed by atoms with Gasteiger partial charge in [0.15, 0.2) is 0 Å². The number of hydrogen-bond acceptors (Lipinski definition) is 5. The highest BCUT2D eigenvalue weighted by atomic mass is 16.6. The van der Waals surface area contributed by atoms with Gasteiger partial charge in [-0.3, -0.25) is 24.4 Å². The van der Waals surface area contributed by atoms with Crippen molar-refractivity contribution in [3.63, 3.8) is 0 Å². The van der Waals surface area contributed by atoms with Gasteiger partial charge in [-0.25, -0.2) is 4.79 Å². The van der Waals surface area contributed by atoms with Crippen LogP contribution in [0.3, 0.4) is 0 Å². The minimum absolute atomic E-state index is 0.0720. The van der Waals surface area contributed by atoms with Crippen molar-refractivity contribution >= 4 is 23.6 Å². The number of amides is 3. The van der Waals surface area contributed by atoms with E-state index in [2.05, 4.69) is 31.1 Å². The lowest BCUT2D eigenvalue weighted by molar-refractivity contribution is -0.130. The van der Waals surface area contributed by atoms with Crippen molar-refractivity contribution in [2.24, 2.45) is 17.8 Å². The molecule has 3 aliphatic carbocycles. The van der Waals surface area contributed by atoms with Gasteiger partial charge in [0, 0.05) is 48.1 Å². The van der Waals surface area contributed by atoms with E-state index in [0.29, 0.717) is 23.7 Å². The maximum atomic E-state index is 15.0. The van der Waals surface area contributed by atoms with E-state index in [1.165, 1.54) is 6.42 Å². The largest absolute Gasteiger partial charge is 0.444 e. The topological polar surface area (TPSA) is 91.8 Å². The molecule has 2 saturated heterocycles. The second kappa shape index (κ2) is 10.1. The molecule has 224 valence electrons. The molecule has 5 fully saturated rings. The number of aromatic nitrogens is 1. The zero-order chi connectivity index (χ0) is 30.0. The zero-order valence-corrected chi connectivity index (χ0v) is 25.7. The quantitative estimate of drug-likeness (QED) is 0.475. The summed E-state index contributed by atoms with van der Waals surface area (Å²) in [6.07, 6.45) is 8.08. The van der Waals surface area contributed by atoms with Crippen molar-refractivity contribution in [2.75, 3.05) is 11.4 Å². The smallest absolute Gasteiger partial charge is 0.411 e. The molecule has 2 bridgehead atoms. The number of fused-ring (bicyclic) bond motifs is 1. The Bertz CT molecular complexity index is 1340. The van der Waals surface area contributed by atoms with E-state index in [4.69, 9.17) is 4.74 Å². The van der Waals surface area contributed by atoms with Crippen LogP contribution in [0.15, 0.2) is 48.8 Å². The van der Waals surface area contributed by atoms with E-state index in [1.54, 1.807) is 28.3 Å². The number of hydrogen-bond donors (Lipinski definition) is 1. The molecule has 2 aromatic rings. The number of piperidine rings is 1. The fourth-order valence-corrected chi connectivity index (χ4v) is 7.41. The summed E-state index contributed by atoms with van der Waals surface area (Å²) in [4.78, 5) is 50.3. The molecule has 3 saturated carbocycles. The highest BCUT2D eigenvalue weighted by Gasteiger charge is 2.95. The molecule has 1 aromatic carbocycles. The van der Waals surface area contributed by atoms with Gasteiger partial charge in [0.1, 0.15) is 17.2 Å². The normalized spacial score (nSPS) is 27.1. The van der Waals surface area contributed by atoms with Crippen LogP contribution in [-0.2, 0) is 19.7 Å². The lowest BCUT2D eigenvalue weighted by atomic mass is 9.87. The third-order valence-corrected chi connectivity index (χ3v) is 9.56. The summed E-state index contributed by atoms with van der Waals surface area (Å²) in [6.45, 7) is 12.5. The van der Waals surface area contributed by atoms with E-state index in [-0.39, 0.29) is 35.1 Å². The average molecular weight is 573 g/mol. The van der Waals surface area contributed by atoms with Crippen molar-refractivity contribution in [3.8, 4) is 0 Å². The van der Waals surface area contributed by atoms with Crippen LogP contribution < -0.4 is 10.2 Å². The number of nitrogens with one attached hydrogen (secondary N) is 1. The molecule has 3 amide bonds. The molecule has 7 rings (SSSR count). The van der Waals surface area contributed by atoms with Crippen LogP contribution in [0, 0.1) is 17.8 Å². The predicted molar refractivity (Wildman–Crippen MR) is 161 cm³/mol. The molecule has 42 heavy (non-hydrogen) atoms. The predicted octanol–water partition coefficient (Wildman–Crippen LogP) is 5.77. The molecule has 5 atom stereocenters. The molecule has 0 radical (unpaired) electrons. The van der Waals surface area contributed by atoms with Crippen molar-refractivity contribution in [1.82, 2.24) is 15.2 Å². The SMILES string of the molecule is CC(C)(C)OC(=O)N1CC2C3[C@@H]2C31C(=O)N(c1ccc(C(C)(C)C)cc1)C(C(=O)NC1CCCCC1)c1cccnc1. The van der Waals surface area contributed by atoms with Crippen molar-refractivity contribution < 1.29 is 19.1 Å². The Labute approximate surface area is 249 Å². The lowest BCUT2D eigenvalue weighted by Crippen LogP contribution is -2.57. The van der Waals surface area contributed by atoms with Crippen LogP contribution in [-0.4, -0.2) is 51.5 Å². The van der Waals surface area contributed by atoms with Crippen LogP contribution >= 0.6 is 0 Å². The molecule has 2 aliphatic heterocycles. The number of pyridine rings is 1. The molecule has 1 N–H and O–H groups in total. The van der Waals surface area contributed by atoms with E-state index < -0.39 is 23.3 Å². The van der Waals surface area contributed by atoms with Gasteiger partial charge < -0.3 is 10.1 Å². The van der Waals surface area contributed by atoms with Crippen LogP contribution in [0.4, 0.5) is 10.5 Å². The molecule has 5 aliphatic rings. The third-order valence-electron chi connectivity index (χ3n) is 9.56. The van der Waals surface area contributed by atoms with E-state index in [9.17, 15) is 14.4 Å². The van der Waals surface area contributed by atoms with Crippen molar-refractivity contribution in [3.05, 3.63) is 59.9 Å². The molecule has 8 heteroatoms. The number of ether oxygens (including phenoxy) is 1. The summed E-state index contributed by atoms with van der Waals surface area (Å²) in [5.41, 5.74) is 0.687. The average Bonchev–Trinajstić information content (AvgIpc) is 3.75. The Hall–Kier alpha value is -3.42. The van der Waals surface area contributed by atoms with Gasteiger partial charge >= 0.3 is 6.09 Å². The Morgan fingerprint density at radius 1 is 1.00 bits per heavy atom. The molecule has 4 unspecified atom stereocenters. The van der Waals surface area contributed by atoms with Gasteiger partial charge in [-0.15, -0.1) is 0 Å². The first-order valence-corrected chi connectivity index (χ1v) is 15.5. The molecule has 1 aromatic heterocycles. The van der Waals surface area contributed by atoms with Gasteiger partial charge in [0.2, 0.25) is 5.91 Å². The Kier molecular flexibility index (Phi) is 6.89. The minimum atomic E-state index is -0.971. The van der Waals surface area contributed by atoms with Gasteiger partial charge in [-0.2, -0.15) is 0 Å². The van der Waals surface area contributed by atoms with Gasteiger partial charge in [-0.05, 0) is 68.7 Å². The Balaban J connectivity index is 1.41. The van der Waals surface area contributed by atoms with Crippen LogP contribution in [0.25, 0.3) is 0 Å². The summed E-state index contributed by atoms with van der Waals surface area (Å²) in [5.74, 6) is 0.120. The number of benzene rings is 1. The maximum Gasteiger partial charge on any atom is 0.411 e. The standard InChI is InChI=1S/C34H44N4O4/c1-32(2,3)22-14-16-24(17-15-22)38(28(21-11-10-18-35-19-21)29(39)36-23-12-8-7-9-13-23)30(40)34-26-25(27(26)34)20-37(34)31(41)42-33(4,5)6/h10-11,14-19,23,25-28H,7-9,12-13,20H2,1-6H3,(H,36,39)/t25?,26-,27?,28?,34?/m1/s1. The highest BCUT2D eigenvalue weighted by Crippen LogP contribution is 2.83. The lowest BCUT2D eigenvalue weighted by Gasteiger charge is -2.38. The summed E-state index contributed by atoms with van der Waals surface area (Å²) < 4.78 is 5.77. The molecular weight excluding hydrogens is 528 g/mol. The van der Waals surface area contributed by atoms with E-state index in [1.807, 2.05) is 51.1 Å².